The van der Waals surface area contributed by atoms with E-state index < -0.39 is 0 Å². The van der Waals surface area contributed by atoms with Crippen molar-refractivity contribution < 1.29 is 14.3 Å². The minimum atomic E-state index is -0.0211. The molecule has 0 radical (unpaired) electrons. The summed E-state index contributed by atoms with van der Waals surface area (Å²) < 4.78 is 11.6. The zero-order valence-electron chi connectivity index (χ0n) is 14.7. The summed E-state index contributed by atoms with van der Waals surface area (Å²) >= 11 is 0. The van der Waals surface area contributed by atoms with Crippen molar-refractivity contribution in [2.24, 2.45) is 11.8 Å². The molecule has 0 N–H and O–H groups in total. The molecule has 3 aliphatic rings. The highest BCUT2D eigenvalue weighted by molar-refractivity contribution is 5.79. The van der Waals surface area contributed by atoms with E-state index in [4.69, 9.17) is 9.47 Å². The van der Waals surface area contributed by atoms with Crippen LogP contribution in [-0.2, 0) is 20.7 Å². The summed E-state index contributed by atoms with van der Waals surface area (Å²) in [5.74, 6) is 1.02. The largest absolute Gasteiger partial charge is 0.381 e. The zero-order chi connectivity index (χ0) is 17.1. The molecular weight excluding hydrogens is 318 g/mol. The second-order valence-corrected chi connectivity index (χ2v) is 7.73. The van der Waals surface area contributed by atoms with Crippen molar-refractivity contribution in [1.29, 1.82) is 0 Å². The summed E-state index contributed by atoms with van der Waals surface area (Å²) in [6.07, 6.45) is 11.1. The molecule has 0 aromatic carbocycles. The minimum absolute atomic E-state index is 0.0211. The normalized spacial score (nSPS) is 26.9. The average Bonchev–Trinajstić information content (AvgIpc) is 3.05. The molecule has 1 spiro atoms. The molecule has 4 heterocycles. The second kappa shape index (κ2) is 7.38. The monoisotopic (exact) mass is 345 g/mol. The number of likely N-dealkylation sites (tertiary alicyclic amines) is 1. The molecule has 0 unspecified atom stereocenters. The molecule has 136 valence electrons. The van der Waals surface area contributed by atoms with Gasteiger partial charge in [-0.3, -0.25) is 4.79 Å². The van der Waals surface area contributed by atoms with E-state index in [0.717, 1.165) is 71.4 Å². The number of carbonyl (C=O) groups excluding carboxylic acids is 1. The van der Waals surface area contributed by atoms with Crippen molar-refractivity contribution >= 4 is 5.91 Å². The van der Waals surface area contributed by atoms with Gasteiger partial charge in [0.2, 0.25) is 5.91 Å². The van der Waals surface area contributed by atoms with E-state index in [1.165, 1.54) is 5.56 Å². The van der Waals surface area contributed by atoms with Crippen molar-refractivity contribution in [2.75, 3.05) is 32.9 Å². The molecule has 6 heteroatoms. The summed E-state index contributed by atoms with van der Waals surface area (Å²) in [6.45, 7) is 3.92. The van der Waals surface area contributed by atoms with Crippen LogP contribution in [0.15, 0.2) is 18.7 Å². The molecule has 0 bridgehead atoms. The summed E-state index contributed by atoms with van der Waals surface area (Å²) in [5.41, 5.74) is 1.16. The summed E-state index contributed by atoms with van der Waals surface area (Å²) in [5, 5.41) is 0. The van der Waals surface area contributed by atoms with Gasteiger partial charge in [0, 0.05) is 44.6 Å². The maximum Gasteiger partial charge on any atom is 0.225 e. The lowest BCUT2D eigenvalue weighted by Crippen LogP contribution is -2.48. The van der Waals surface area contributed by atoms with Crippen molar-refractivity contribution in [3.8, 4) is 0 Å². The minimum Gasteiger partial charge on any atom is -0.381 e. The highest BCUT2D eigenvalue weighted by Gasteiger charge is 2.43. The number of ether oxygens (including phenoxy) is 2. The average molecular weight is 345 g/mol. The highest BCUT2D eigenvalue weighted by atomic mass is 16.5. The molecule has 1 amide bonds. The molecule has 3 aliphatic heterocycles. The van der Waals surface area contributed by atoms with Gasteiger partial charge in [-0.1, -0.05) is 0 Å². The zero-order valence-corrected chi connectivity index (χ0v) is 14.7. The van der Waals surface area contributed by atoms with Gasteiger partial charge in [0.1, 0.15) is 6.33 Å². The van der Waals surface area contributed by atoms with Gasteiger partial charge in [0.25, 0.3) is 0 Å². The van der Waals surface area contributed by atoms with E-state index in [2.05, 4.69) is 14.9 Å². The number of aromatic nitrogens is 2. The van der Waals surface area contributed by atoms with Crippen LogP contribution in [0, 0.1) is 11.8 Å². The molecule has 1 atom stereocenters. The predicted molar refractivity (Wildman–Crippen MR) is 91.9 cm³/mol. The molecule has 1 aromatic rings. The van der Waals surface area contributed by atoms with Crippen molar-refractivity contribution in [3.63, 3.8) is 0 Å². The van der Waals surface area contributed by atoms with Crippen molar-refractivity contribution in [3.05, 3.63) is 24.3 Å². The highest BCUT2D eigenvalue weighted by Crippen LogP contribution is 2.40. The topological polar surface area (TPSA) is 64.5 Å². The first kappa shape index (κ1) is 16.9. The number of rotatable bonds is 3. The van der Waals surface area contributed by atoms with Gasteiger partial charge in [-0.15, -0.1) is 0 Å². The van der Waals surface area contributed by atoms with Crippen LogP contribution in [-0.4, -0.2) is 59.3 Å². The summed E-state index contributed by atoms with van der Waals surface area (Å²) in [4.78, 5) is 22.9. The van der Waals surface area contributed by atoms with E-state index in [9.17, 15) is 4.79 Å². The van der Waals surface area contributed by atoms with E-state index in [0.29, 0.717) is 11.8 Å². The lowest BCUT2D eigenvalue weighted by molar-refractivity contribution is -0.143. The Hall–Kier alpha value is -1.53. The third-order valence-electron chi connectivity index (χ3n) is 5.98. The quantitative estimate of drug-likeness (QED) is 0.836. The van der Waals surface area contributed by atoms with E-state index in [1.807, 2.05) is 12.4 Å². The Labute approximate surface area is 148 Å². The third-order valence-corrected chi connectivity index (χ3v) is 5.98. The number of hydrogen-bond donors (Lipinski definition) is 0. The van der Waals surface area contributed by atoms with Crippen LogP contribution >= 0.6 is 0 Å². The van der Waals surface area contributed by atoms with Crippen molar-refractivity contribution in [2.45, 2.75) is 44.1 Å². The molecule has 0 aliphatic carbocycles. The smallest absolute Gasteiger partial charge is 0.225 e. The maximum absolute atomic E-state index is 12.7. The van der Waals surface area contributed by atoms with Crippen LogP contribution in [0.3, 0.4) is 0 Å². The molecular formula is C19H27N3O3. The lowest BCUT2D eigenvalue weighted by atomic mass is 9.83. The van der Waals surface area contributed by atoms with E-state index in [1.54, 1.807) is 6.33 Å². The van der Waals surface area contributed by atoms with Crippen LogP contribution < -0.4 is 0 Å². The Morgan fingerprint density at radius 1 is 1.20 bits per heavy atom. The van der Waals surface area contributed by atoms with E-state index >= 15 is 0 Å². The third kappa shape index (κ3) is 3.85. The van der Waals surface area contributed by atoms with Crippen LogP contribution in [0.5, 0.6) is 0 Å². The van der Waals surface area contributed by atoms with Crippen molar-refractivity contribution in [1.82, 2.24) is 14.9 Å². The first-order valence-electron chi connectivity index (χ1n) is 9.48. The van der Waals surface area contributed by atoms with Crippen LogP contribution in [0.25, 0.3) is 0 Å². The molecule has 0 saturated carbocycles. The Kier molecular flexibility index (Phi) is 4.99. The van der Waals surface area contributed by atoms with Gasteiger partial charge in [-0.05, 0) is 50.0 Å². The second-order valence-electron chi connectivity index (χ2n) is 7.73. The number of nitrogens with zero attached hydrogens (tertiary/aromatic N) is 3. The first-order valence-corrected chi connectivity index (χ1v) is 9.48. The van der Waals surface area contributed by atoms with Gasteiger partial charge < -0.3 is 14.4 Å². The Morgan fingerprint density at radius 2 is 1.92 bits per heavy atom. The summed E-state index contributed by atoms with van der Waals surface area (Å²) in [6, 6.07) is 0. The van der Waals surface area contributed by atoms with Crippen LogP contribution in [0.4, 0.5) is 0 Å². The molecule has 3 fully saturated rings. The Bertz CT molecular complexity index is 581. The molecule has 25 heavy (non-hydrogen) atoms. The van der Waals surface area contributed by atoms with E-state index in [-0.39, 0.29) is 11.5 Å². The van der Waals surface area contributed by atoms with Crippen LogP contribution in [0.2, 0.25) is 0 Å². The first-order chi connectivity index (χ1) is 12.2. The molecule has 4 rings (SSSR count). The fourth-order valence-corrected chi connectivity index (χ4v) is 4.52. The maximum atomic E-state index is 12.7. The summed E-state index contributed by atoms with van der Waals surface area (Å²) in [7, 11) is 0. The Balaban J connectivity index is 1.29. The molecule has 3 saturated heterocycles. The van der Waals surface area contributed by atoms with Gasteiger partial charge in [-0.2, -0.15) is 0 Å². The predicted octanol–water partition coefficient (Wildman–Crippen LogP) is 1.84. The van der Waals surface area contributed by atoms with Gasteiger partial charge >= 0.3 is 0 Å². The standard InChI is InChI=1S/C19H27N3O3/c23-18(17-1-7-24-8-2-17)22-5-3-19(4-6-22)10-15(13-25-19)9-16-11-20-14-21-12-16/h11-12,14-15,17H,1-10,13H2/t15-/m1/s1. The number of carbonyl (C=O) groups is 1. The van der Waals surface area contributed by atoms with Gasteiger partial charge in [0.15, 0.2) is 0 Å². The Morgan fingerprint density at radius 3 is 2.64 bits per heavy atom. The van der Waals surface area contributed by atoms with Gasteiger partial charge in [0.05, 0.1) is 12.2 Å². The van der Waals surface area contributed by atoms with Crippen LogP contribution in [0.1, 0.15) is 37.7 Å². The molecule has 6 nitrogen and oxygen atoms in total. The SMILES string of the molecule is O=C(C1CCOCC1)N1CCC2(CC1)C[C@@H](Cc1cncnc1)CO2. The fourth-order valence-electron chi connectivity index (χ4n) is 4.52. The number of hydrogen-bond acceptors (Lipinski definition) is 5. The lowest BCUT2D eigenvalue weighted by Gasteiger charge is -2.40. The number of piperidine rings is 1. The molecule has 1 aromatic heterocycles. The fraction of sp³-hybridized carbons (Fsp3) is 0.737. The number of amides is 1. The van der Waals surface area contributed by atoms with Gasteiger partial charge in [-0.25, -0.2) is 9.97 Å².